The Kier molecular flexibility index (Phi) is 19.3. The van der Waals surface area contributed by atoms with Crippen molar-refractivity contribution in [2.45, 2.75) is 155 Å². The molecule has 29 heteroatoms. The van der Waals surface area contributed by atoms with Gasteiger partial charge in [0.05, 0.1) is 42.9 Å². The van der Waals surface area contributed by atoms with Gasteiger partial charge in [0.1, 0.15) is 79.4 Å². The van der Waals surface area contributed by atoms with E-state index in [2.05, 4.69) is 5.32 Å². The van der Waals surface area contributed by atoms with E-state index < -0.39 is 160 Å². The Morgan fingerprint density at radius 2 is 1.53 bits per heavy atom. The molecule has 5 fully saturated rings. The molecule has 75 heavy (non-hydrogen) atoms. The van der Waals surface area contributed by atoms with Gasteiger partial charge in [0.2, 0.25) is 12.7 Å². The van der Waals surface area contributed by atoms with Crippen LogP contribution in [0.15, 0.2) is 23.1 Å². The average molecular weight is 1070 g/mol. The monoisotopic (exact) mass is 1070 g/mol. The highest BCUT2D eigenvalue weighted by atomic mass is 19.1. The van der Waals surface area contributed by atoms with Gasteiger partial charge in [-0.25, -0.2) is 9.18 Å². The Labute approximate surface area is 428 Å². The van der Waals surface area contributed by atoms with Crippen LogP contribution in [0.5, 0.6) is 5.75 Å². The van der Waals surface area contributed by atoms with E-state index in [1.807, 2.05) is 4.57 Å². The van der Waals surface area contributed by atoms with E-state index in [4.69, 9.17) is 60.8 Å². The molecule has 17 atom stereocenters. The summed E-state index contributed by atoms with van der Waals surface area (Å²) in [5.41, 5.74) is 24.0. The first-order chi connectivity index (χ1) is 35.7. The molecule has 1 unspecified atom stereocenters. The number of ether oxygens (including phenoxy) is 8. The van der Waals surface area contributed by atoms with Gasteiger partial charge in [-0.3, -0.25) is 19.2 Å². The molecule has 0 bridgehead atoms. The zero-order valence-corrected chi connectivity index (χ0v) is 41.3. The number of hydrogen-bond acceptors (Lipinski definition) is 25. The van der Waals surface area contributed by atoms with Crippen LogP contribution in [-0.2, 0) is 47.5 Å². The maximum Gasteiger partial charge on any atom is 0.413 e. The number of methoxy groups -OCH3 is 1. The summed E-state index contributed by atoms with van der Waals surface area (Å²) in [6.07, 6.45) is -20.3. The number of benzene rings is 1. The minimum absolute atomic E-state index is 0.0639. The van der Waals surface area contributed by atoms with E-state index in [0.717, 1.165) is 12.8 Å². The van der Waals surface area contributed by atoms with Crippen molar-refractivity contribution < 1.29 is 97.2 Å². The molecule has 2 aromatic rings. The van der Waals surface area contributed by atoms with Crippen LogP contribution in [0.4, 0.5) is 14.9 Å². The number of piperazine rings is 1. The number of esters is 2. The number of aromatic nitrogens is 1. The standard InChI is InChI=1S/C46H69FN8O20/c1-19-16-53(33-22(47)13-21-25(56)8-10-55(20-3-4-20)32(21)42(33)68-2)11-12-54(19)46(67)71-18-70-30(59)6-5-29(58)69-17-28-34(60)31(51)36(62)44(73-28)75-41-24(52-43(66)26(57)7-9-48)14-23(50)40(39(41)65)74-45-38(64)37(63)35(61)27(15-49)72-45/h8,10,13,19-20,23-24,26-28,31,34-41,44-45,57,60-65H,3-7,9,11-12,14-18,48-51H2,1-2H3,(H,52,66)/t19?,23-,24+,26-,27+,28+,31-,34+,35+,36+,37-,38+,39-,40+,41-,44+,45+/m0/s1. The van der Waals surface area contributed by atoms with Crippen molar-refractivity contribution in [3.8, 4) is 5.75 Å². The van der Waals surface area contributed by atoms with Crippen LogP contribution >= 0.6 is 0 Å². The average Bonchev–Trinajstić information content (AvgIpc) is 4.23. The summed E-state index contributed by atoms with van der Waals surface area (Å²) in [5.74, 6) is -3.29. The number of rotatable bonds is 19. The van der Waals surface area contributed by atoms with E-state index in [0.29, 0.717) is 5.52 Å². The molecule has 2 aliphatic carbocycles. The largest absolute Gasteiger partial charge is 0.492 e. The number of fused-ring (bicyclic) bond motifs is 1. The van der Waals surface area contributed by atoms with Crippen LogP contribution in [0, 0.1) is 5.82 Å². The Morgan fingerprint density at radius 1 is 0.867 bits per heavy atom. The molecule has 3 saturated heterocycles. The number of hydrogen-bond donors (Lipinski definition) is 12. The minimum Gasteiger partial charge on any atom is -0.492 e. The highest BCUT2D eigenvalue weighted by Gasteiger charge is 2.53. The first-order valence-corrected chi connectivity index (χ1v) is 24.7. The second kappa shape index (κ2) is 25.0. The number of aliphatic hydroxyl groups excluding tert-OH is 7. The summed E-state index contributed by atoms with van der Waals surface area (Å²) in [7, 11) is 1.41. The third kappa shape index (κ3) is 12.9. The molecule has 5 aliphatic rings. The molecule has 3 aliphatic heterocycles. The lowest BCUT2D eigenvalue weighted by molar-refractivity contribution is -0.332. The number of halogens is 1. The number of anilines is 1. The Balaban J connectivity index is 0.895. The second-order valence-corrected chi connectivity index (χ2v) is 19.3. The van der Waals surface area contributed by atoms with Crippen LogP contribution in [0.3, 0.4) is 0 Å². The molecule has 4 heterocycles. The van der Waals surface area contributed by atoms with Gasteiger partial charge >= 0.3 is 18.0 Å². The van der Waals surface area contributed by atoms with Crippen LogP contribution in [-0.4, -0.2) is 226 Å². The molecule has 2 amide bonds. The number of aliphatic hydroxyl groups is 7. The number of carbonyl (C=O) groups is 4. The quantitative estimate of drug-likeness (QED) is 0.0461. The van der Waals surface area contributed by atoms with Gasteiger partial charge in [-0.05, 0) is 45.2 Å². The SMILES string of the molecule is COc1c(N2CCN(C(=O)OCOC(=O)CCC(=O)OC[C@H]3O[C@H](O[C@@H]4[C@@H](O)[C@H](O[C@H]5O[C@H](CN)[C@@H](O)[C@H](O)[C@H]5O)[C@@H](N)C[C@H]4NC(=O)[C@@H](O)CCN)[C@H](O)[C@@H](N)[C@@H]3O)C(C)C2)c(F)cc2c(=O)ccn(C3CC3)c12. The first kappa shape index (κ1) is 57.7. The van der Waals surface area contributed by atoms with Gasteiger partial charge in [-0.1, -0.05) is 0 Å². The zero-order chi connectivity index (χ0) is 54.6. The lowest BCUT2D eigenvalue weighted by Crippen LogP contribution is -2.69. The lowest BCUT2D eigenvalue weighted by atomic mass is 9.83. The van der Waals surface area contributed by atoms with Gasteiger partial charge in [0.25, 0.3) is 0 Å². The normalized spacial score (nSPS) is 33.6. The highest BCUT2D eigenvalue weighted by molar-refractivity contribution is 5.91. The fourth-order valence-electron chi connectivity index (χ4n) is 9.75. The molecule has 1 aromatic carbocycles. The van der Waals surface area contributed by atoms with Crippen LogP contribution in [0.25, 0.3) is 10.9 Å². The van der Waals surface area contributed by atoms with Crippen LogP contribution in [0.2, 0.25) is 0 Å². The van der Waals surface area contributed by atoms with Crippen LogP contribution < -0.4 is 43.3 Å². The van der Waals surface area contributed by atoms with Crippen LogP contribution in [0.1, 0.15) is 51.5 Å². The van der Waals surface area contributed by atoms with Crippen molar-refractivity contribution in [3.63, 3.8) is 0 Å². The molecular formula is C46H69FN8O20. The molecular weight excluding hydrogens is 1000 g/mol. The third-order valence-corrected chi connectivity index (χ3v) is 14.1. The maximum atomic E-state index is 15.7. The number of pyridine rings is 1. The number of nitrogens with one attached hydrogen (secondary N) is 1. The van der Waals surface area contributed by atoms with Crippen molar-refractivity contribution in [1.82, 2.24) is 14.8 Å². The summed E-state index contributed by atoms with van der Waals surface area (Å²) in [6.45, 7) is 0.263. The Bertz CT molecular complexity index is 2390. The summed E-state index contributed by atoms with van der Waals surface area (Å²) in [4.78, 5) is 67.2. The molecule has 0 radical (unpaired) electrons. The molecule has 28 nitrogen and oxygen atoms in total. The zero-order valence-electron chi connectivity index (χ0n) is 41.3. The van der Waals surface area contributed by atoms with Crippen molar-refractivity contribution >= 4 is 40.5 Å². The van der Waals surface area contributed by atoms with Crippen molar-refractivity contribution in [2.24, 2.45) is 22.9 Å². The van der Waals surface area contributed by atoms with Gasteiger partial charge < -0.3 is 116 Å². The van der Waals surface area contributed by atoms with Crippen molar-refractivity contribution in [3.05, 3.63) is 34.4 Å². The lowest BCUT2D eigenvalue weighted by Gasteiger charge is -2.49. The minimum atomic E-state index is -1.87. The van der Waals surface area contributed by atoms with Gasteiger partial charge in [-0.2, -0.15) is 0 Å². The number of nitrogens with zero attached hydrogens (tertiary/aromatic N) is 3. The summed E-state index contributed by atoms with van der Waals surface area (Å²) in [6, 6.07) is -1.68. The predicted molar refractivity (Wildman–Crippen MR) is 253 cm³/mol. The van der Waals surface area contributed by atoms with E-state index >= 15 is 4.39 Å². The molecule has 7 rings (SSSR count). The summed E-state index contributed by atoms with van der Waals surface area (Å²) >= 11 is 0. The molecule has 2 saturated carbocycles. The Hall–Kier alpha value is -4.96. The summed E-state index contributed by atoms with van der Waals surface area (Å²) < 4.78 is 62.0. The molecule has 0 spiro atoms. The predicted octanol–water partition coefficient (Wildman–Crippen LogP) is -5.45. The van der Waals surface area contributed by atoms with E-state index in [9.17, 15) is 59.7 Å². The second-order valence-electron chi connectivity index (χ2n) is 19.3. The number of carbonyl (C=O) groups excluding carboxylic acids is 4. The van der Waals surface area contributed by atoms with E-state index in [1.165, 1.54) is 24.1 Å². The fourth-order valence-corrected chi connectivity index (χ4v) is 9.75. The molecule has 420 valence electrons. The number of amides is 2. The fraction of sp³-hybridized carbons (Fsp3) is 0.717. The maximum absolute atomic E-state index is 15.7. The first-order valence-electron chi connectivity index (χ1n) is 24.7. The smallest absolute Gasteiger partial charge is 0.413 e. The summed E-state index contributed by atoms with van der Waals surface area (Å²) in [5, 5.41) is 78.1. The van der Waals surface area contributed by atoms with Gasteiger partial charge in [-0.15, -0.1) is 0 Å². The topological polar surface area (TPSA) is 428 Å². The van der Waals surface area contributed by atoms with E-state index in [1.54, 1.807) is 18.0 Å². The Morgan fingerprint density at radius 3 is 2.19 bits per heavy atom. The molecule has 1 aromatic heterocycles. The molecule has 16 N–H and O–H groups in total. The van der Waals surface area contributed by atoms with Crippen molar-refractivity contribution in [2.75, 3.05) is 58.1 Å². The van der Waals surface area contributed by atoms with E-state index in [-0.39, 0.29) is 73.9 Å². The van der Waals surface area contributed by atoms with Gasteiger partial charge in [0, 0.05) is 56.6 Å². The van der Waals surface area contributed by atoms with Gasteiger partial charge in [0.15, 0.2) is 29.6 Å². The number of nitrogens with two attached hydrogens (primary N) is 4. The highest BCUT2D eigenvalue weighted by Crippen LogP contribution is 2.44. The third-order valence-electron chi connectivity index (χ3n) is 14.1. The van der Waals surface area contributed by atoms with Crippen molar-refractivity contribution in [1.29, 1.82) is 0 Å².